The fraction of sp³-hybridized carbons (Fsp3) is 0.357. The number of hydrogen-bond donors (Lipinski definition) is 3. The van der Waals surface area contributed by atoms with Gasteiger partial charge in [-0.15, -0.1) is 4.28 Å². The van der Waals surface area contributed by atoms with Gasteiger partial charge in [0.1, 0.15) is 11.5 Å². The lowest BCUT2D eigenvalue weighted by Crippen LogP contribution is -2.09. The van der Waals surface area contributed by atoms with Crippen LogP contribution in [0.3, 0.4) is 0 Å². The van der Waals surface area contributed by atoms with Crippen LogP contribution in [0.2, 0.25) is 0 Å². The number of benzene rings is 1. The Morgan fingerprint density at radius 2 is 2.12 bits per heavy atom. The number of methoxy groups -OCH3 is 1. The molecule has 9 nitrogen and oxygen atoms in total. The largest absolute Gasteiger partial charge is 0.496 e. The number of hydrogen-bond acceptors (Lipinski definition) is 8. The standard InChI is InChI=1S/C14H20N4O5S/c1-21-13-8-10(22-7-3-6-15)4-5-11(13)12-9-14(17-16-12)18-23-24(2,19)20/h4-5,8-9H,3,6-7,15H2,1-2H3,(H2,16,17,18). The van der Waals surface area contributed by atoms with Crippen LogP contribution in [0.5, 0.6) is 11.5 Å². The zero-order valence-corrected chi connectivity index (χ0v) is 14.2. The quantitative estimate of drug-likeness (QED) is 0.450. The number of nitrogens with two attached hydrogens (primary N) is 1. The lowest BCUT2D eigenvalue weighted by Gasteiger charge is -2.10. The third-order valence-electron chi connectivity index (χ3n) is 2.96. The molecule has 0 aliphatic carbocycles. The number of nitrogens with one attached hydrogen (secondary N) is 2. The van der Waals surface area contributed by atoms with Gasteiger partial charge in [-0.05, 0) is 25.1 Å². The van der Waals surface area contributed by atoms with E-state index in [9.17, 15) is 8.42 Å². The molecule has 1 heterocycles. The summed E-state index contributed by atoms with van der Waals surface area (Å²) in [7, 11) is -2.08. The third kappa shape index (κ3) is 5.11. The maximum Gasteiger partial charge on any atom is 0.285 e. The summed E-state index contributed by atoms with van der Waals surface area (Å²) >= 11 is 0. The molecule has 1 aromatic carbocycles. The minimum absolute atomic E-state index is 0.223. The van der Waals surface area contributed by atoms with E-state index in [0.717, 1.165) is 18.2 Å². The van der Waals surface area contributed by atoms with Crippen LogP contribution in [-0.4, -0.2) is 45.1 Å². The molecule has 0 saturated carbocycles. The number of ether oxygens (including phenoxy) is 2. The maximum absolute atomic E-state index is 11.0. The van der Waals surface area contributed by atoms with E-state index in [0.29, 0.717) is 30.3 Å². The summed E-state index contributed by atoms with van der Waals surface area (Å²) in [5.74, 6) is 1.47. The van der Waals surface area contributed by atoms with Crippen molar-refractivity contribution in [2.45, 2.75) is 6.42 Å². The van der Waals surface area contributed by atoms with Gasteiger partial charge in [0.05, 0.1) is 25.7 Å². The van der Waals surface area contributed by atoms with Gasteiger partial charge < -0.3 is 15.2 Å². The van der Waals surface area contributed by atoms with Crippen LogP contribution >= 0.6 is 0 Å². The van der Waals surface area contributed by atoms with Crippen LogP contribution in [0.25, 0.3) is 11.3 Å². The molecular weight excluding hydrogens is 336 g/mol. The van der Waals surface area contributed by atoms with Gasteiger partial charge in [0.15, 0.2) is 5.82 Å². The number of anilines is 1. The zero-order valence-electron chi connectivity index (χ0n) is 13.4. The van der Waals surface area contributed by atoms with Gasteiger partial charge in [-0.25, -0.2) is 5.48 Å². The van der Waals surface area contributed by atoms with E-state index in [1.807, 2.05) is 6.07 Å². The number of aromatic nitrogens is 2. The first-order valence-electron chi connectivity index (χ1n) is 7.14. The van der Waals surface area contributed by atoms with Crippen molar-refractivity contribution in [3.05, 3.63) is 24.3 Å². The predicted molar refractivity (Wildman–Crippen MR) is 89.3 cm³/mol. The Kier molecular flexibility index (Phi) is 6.01. The lowest BCUT2D eigenvalue weighted by molar-refractivity contribution is 0.311. The summed E-state index contributed by atoms with van der Waals surface area (Å²) in [5.41, 5.74) is 9.05. The number of H-pyrrole nitrogens is 1. The summed E-state index contributed by atoms with van der Waals surface area (Å²) in [6.07, 6.45) is 1.69. The van der Waals surface area contributed by atoms with Crippen molar-refractivity contribution in [1.29, 1.82) is 0 Å². The van der Waals surface area contributed by atoms with Crippen LogP contribution in [0, 0.1) is 0 Å². The van der Waals surface area contributed by atoms with Crippen molar-refractivity contribution < 1.29 is 22.2 Å². The molecule has 132 valence electrons. The number of nitrogens with zero attached hydrogens (tertiary/aromatic N) is 1. The molecular formula is C14H20N4O5S. The molecule has 0 spiro atoms. The summed E-state index contributed by atoms with van der Waals surface area (Å²) < 4.78 is 37.3. The summed E-state index contributed by atoms with van der Waals surface area (Å²) in [5, 5.41) is 6.71. The average molecular weight is 356 g/mol. The van der Waals surface area contributed by atoms with Gasteiger partial charge in [-0.3, -0.25) is 5.10 Å². The summed E-state index contributed by atoms with van der Waals surface area (Å²) in [6, 6.07) is 6.96. The molecule has 0 aliphatic rings. The molecule has 24 heavy (non-hydrogen) atoms. The van der Waals surface area contributed by atoms with E-state index in [-0.39, 0.29) is 5.82 Å². The van der Waals surface area contributed by atoms with Crippen LogP contribution in [-0.2, 0) is 14.4 Å². The van der Waals surface area contributed by atoms with Crippen molar-refractivity contribution in [2.75, 3.05) is 32.0 Å². The fourth-order valence-corrected chi connectivity index (χ4v) is 2.12. The minimum atomic E-state index is -3.62. The second kappa shape index (κ2) is 7.99. The average Bonchev–Trinajstić information content (AvgIpc) is 3.01. The number of aromatic amines is 1. The second-order valence-corrected chi connectivity index (χ2v) is 6.48. The Morgan fingerprint density at radius 1 is 1.33 bits per heavy atom. The fourth-order valence-electron chi connectivity index (χ4n) is 1.89. The smallest absolute Gasteiger partial charge is 0.285 e. The monoisotopic (exact) mass is 356 g/mol. The highest BCUT2D eigenvalue weighted by atomic mass is 32.2. The Bertz CT molecular complexity index is 775. The molecule has 0 saturated heterocycles. The summed E-state index contributed by atoms with van der Waals surface area (Å²) in [4.78, 5) is 0. The highest BCUT2D eigenvalue weighted by Gasteiger charge is 2.12. The molecule has 0 aliphatic heterocycles. The van der Waals surface area contributed by atoms with E-state index in [1.54, 1.807) is 25.3 Å². The Balaban J connectivity index is 2.14. The van der Waals surface area contributed by atoms with E-state index < -0.39 is 10.1 Å². The first-order chi connectivity index (χ1) is 11.4. The highest BCUT2D eigenvalue weighted by molar-refractivity contribution is 7.86. The molecule has 0 bridgehead atoms. The molecule has 10 heteroatoms. The molecule has 0 atom stereocenters. The SMILES string of the molecule is COc1cc(OCCCN)ccc1-c1cc(NOS(C)(=O)=O)n[nH]1. The maximum atomic E-state index is 11.0. The minimum Gasteiger partial charge on any atom is -0.496 e. The Labute approximate surface area is 140 Å². The van der Waals surface area contributed by atoms with Crippen molar-refractivity contribution in [3.8, 4) is 22.8 Å². The normalized spacial score (nSPS) is 11.3. The van der Waals surface area contributed by atoms with Crippen LogP contribution in [0.4, 0.5) is 5.82 Å². The van der Waals surface area contributed by atoms with Crippen LogP contribution < -0.4 is 20.7 Å². The van der Waals surface area contributed by atoms with Crippen molar-refractivity contribution in [2.24, 2.45) is 5.73 Å². The van der Waals surface area contributed by atoms with Gasteiger partial charge >= 0.3 is 0 Å². The zero-order chi connectivity index (χ0) is 17.6. The first kappa shape index (κ1) is 18.0. The molecule has 2 aromatic rings. The molecule has 0 radical (unpaired) electrons. The first-order valence-corrected chi connectivity index (χ1v) is 8.95. The lowest BCUT2D eigenvalue weighted by atomic mass is 10.1. The molecule has 1 aromatic heterocycles. The van der Waals surface area contributed by atoms with Gasteiger partial charge in [-0.2, -0.15) is 13.5 Å². The second-order valence-electron chi connectivity index (χ2n) is 4.91. The molecule has 0 amide bonds. The topological polar surface area (TPSA) is 129 Å². The van der Waals surface area contributed by atoms with E-state index in [1.165, 1.54) is 0 Å². The third-order valence-corrected chi connectivity index (χ3v) is 3.34. The van der Waals surface area contributed by atoms with Gasteiger partial charge in [-0.1, -0.05) is 0 Å². The van der Waals surface area contributed by atoms with Crippen LogP contribution in [0.1, 0.15) is 6.42 Å². The van der Waals surface area contributed by atoms with Crippen molar-refractivity contribution in [3.63, 3.8) is 0 Å². The molecule has 0 fully saturated rings. The van der Waals surface area contributed by atoms with Gasteiger partial charge in [0.25, 0.3) is 10.1 Å². The van der Waals surface area contributed by atoms with Gasteiger partial charge in [0.2, 0.25) is 0 Å². The molecule has 0 unspecified atom stereocenters. The summed E-state index contributed by atoms with van der Waals surface area (Å²) in [6.45, 7) is 1.09. The Hall–Kier alpha value is -2.30. The van der Waals surface area contributed by atoms with Gasteiger partial charge in [0, 0.05) is 17.7 Å². The Morgan fingerprint density at radius 3 is 2.79 bits per heavy atom. The molecule has 4 N–H and O–H groups in total. The highest BCUT2D eigenvalue weighted by Crippen LogP contribution is 2.33. The van der Waals surface area contributed by atoms with E-state index >= 15 is 0 Å². The predicted octanol–water partition coefficient (Wildman–Crippen LogP) is 1.12. The van der Waals surface area contributed by atoms with E-state index in [2.05, 4.69) is 20.0 Å². The van der Waals surface area contributed by atoms with E-state index in [4.69, 9.17) is 15.2 Å². The van der Waals surface area contributed by atoms with Crippen molar-refractivity contribution in [1.82, 2.24) is 10.2 Å². The van der Waals surface area contributed by atoms with Crippen LogP contribution in [0.15, 0.2) is 24.3 Å². The number of rotatable bonds is 9. The molecule has 2 rings (SSSR count). The van der Waals surface area contributed by atoms with Crippen molar-refractivity contribution >= 4 is 15.9 Å².